The molecule has 4 amide bonds. The highest BCUT2D eigenvalue weighted by atomic mass is 19.1. The molecule has 186 valence electrons. The third kappa shape index (κ3) is 5.07. The number of nitrogens with one attached hydrogen (secondary N) is 1. The first-order chi connectivity index (χ1) is 16.7. The molecule has 1 atom stereocenters. The van der Waals surface area contributed by atoms with Gasteiger partial charge in [0.2, 0.25) is 0 Å². The number of likely N-dealkylation sites (tertiary alicyclic amines) is 1. The second-order valence-electron chi connectivity index (χ2n) is 9.85. The van der Waals surface area contributed by atoms with Crippen LogP contribution >= 0.6 is 0 Å². The van der Waals surface area contributed by atoms with Gasteiger partial charge in [0.1, 0.15) is 11.4 Å². The summed E-state index contributed by atoms with van der Waals surface area (Å²) in [6.07, 6.45) is 1.35. The number of urea groups is 1. The molecule has 2 aliphatic rings. The van der Waals surface area contributed by atoms with Gasteiger partial charge in [0.05, 0.1) is 0 Å². The number of rotatable bonds is 7. The van der Waals surface area contributed by atoms with E-state index in [0.29, 0.717) is 43.6 Å². The zero-order valence-electron chi connectivity index (χ0n) is 20.6. The van der Waals surface area contributed by atoms with Crippen molar-refractivity contribution < 1.29 is 18.8 Å². The lowest BCUT2D eigenvalue weighted by Crippen LogP contribution is -2.58. The van der Waals surface area contributed by atoms with Gasteiger partial charge in [-0.15, -0.1) is 0 Å². The average molecular weight is 481 g/mol. The molecule has 0 radical (unpaired) electrons. The summed E-state index contributed by atoms with van der Waals surface area (Å²) in [7, 11) is 3.78. The van der Waals surface area contributed by atoms with Crippen LogP contribution in [0.15, 0.2) is 48.5 Å². The molecular formula is C27H33FN4O3. The fraction of sp³-hybridized carbons (Fsp3) is 0.444. The minimum Gasteiger partial charge on any atom is -0.339 e. The Kier molecular flexibility index (Phi) is 7.21. The molecule has 0 bridgehead atoms. The number of carbonyl (C=O) groups is 3. The van der Waals surface area contributed by atoms with Crippen LogP contribution < -0.4 is 5.32 Å². The number of aryl methyl sites for hydroxylation is 1. The minimum atomic E-state index is -1.16. The number of imide groups is 1. The minimum absolute atomic E-state index is 0.0184. The zero-order chi connectivity index (χ0) is 25.2. The molecule has 0 saturated carbocycles. The van der Waals surface area contributed by atoms with Gasteiger partial charge in [-0.1, -0.05) is 30.3 Å². The van der Waals surface area contributed by atoms with Gasteiger partial charge >= 0.3 is 6.03 Å². The Morgan fingerprint density at radius 3 is 2.49 bits per heavy atom. The summed E-state index contributed by atoms with van der Waals surface area (Å²) in [5.74, 6) is -0.836. The van der Waals surface area contributed by atoms with Gasteiger partial charge in [-0.3, -0.25) is 14.5 Å². The summed E-state index contributed by atoms with van der Waals surface area (Å²) in [6, 6.07) is 13.3. The number of piperidine rings is 1. The van der Waals surface area contributed by atoms with E-state index in [0.717, 1.165) is 5.56 Å². The van der Waals surface area contributed by atoms with Crippen molar-refractivity contribution in [3.63, 3.8) is 0 Å². The van der Waals surface area contributed by atoms with Crippen molar-refractivity contribution in [2.24, 2.45) is 5.92 Å². The van der Waals surface area contributed by atoms with Gasteiger partial charge < -0.3 is 15.1 Å². The Labute approximate surface area is 205 Å². The van der Waals surface area contributed by atoms with Crippen molar-refractivity contribution in [2.75, 3.05) is 40.3 Å². The van der Waals surface area contributed by atoms with Gasteiger partial charge in [0.25, 0.3) is 11.8 Å². The maximum atomic E-state index is 14.0. The summed E-state index contributed by atoms with van der Waals surface area (Å²) in [5.41, 5.74) is 1.11. The Morgan fingerprint density at radius 2 is 1.83 bits per heavy atom. The Bertz CT molecular complexity index is 1110. The molecule has 1 N–H and O–H groups in total. The number of likely N-dealkylation sites (N-methyl/N-ethyl adjacent to an activating group) is 1. The highest BCUT2D eigenvalue weighted by Gasteiger charge is 2.56. The van der Waals surface area contributed by atoms with Crippen molar-refractivity contribution in [2.45, 2.75) is 31.7 Å². The molecule has 2 saturated heterocycles. The first-order valence-corrected chi connectivity index (χ1v) is 12.1. The lowest BCUT2D eigenvalue weighted by molar-refractivity contribution is -0.134. The number of benzene rings is 2. The maximum Gasteiger partial charge on any atom is 0.325 e. The van der Waals surface area contributed by atoms with Crippen molar-refractivity contribution in [1.82, 2.24) is 20.0 Å². The second-order valence-corrected chi connectivity index (χ2v) is 9.85. The number of hydrogen-bond donors (Lipinski definition) is 1. The van der Waals surface area contributed by atoms with E-state index in [1.165, 1.54) is 17.0 Å². The third-order valence-electron chi connectivity index (χ3n) is 7.20. The topological polar surface area (TPSA) is 73.0 Å². The summed E-state index contributed by atoms with van der Waals surface area (Å²) >= 11 is 0. The van der Waals surface area contributed by atoms with Gasteiger partial charge in [0, 0.05) is 38.2 Å². The number of hydrogen-bond acceptors (Lipinski definition) is 4. The molecule has 35 heavy (non-hydrogen) atoms. The van der Waals surface area contributed by atoms with E-state index in [-0.39, 0.29) is 36.5 Å². The monoisotopic (exact) mass is 480 g/mol. The van der Waals surface area contributed by atoms with E-state index in [1.54, 1.807) is 12.1 Å². The number of halogens is 1. The fourth-order valence-electron chi connectivity index (χ4n) is 5.22. The van der Waals surface area contributed by atoms with E-state index in [1.807, 2.05) is 55.1 Å². The molecule has 2 fully saturated rings. The largest absolute Gasteiger partial charge is 0.339 e. The van der Waals surface area contributed by atoms with Gasteiger partial charge in [0.15, 0.2) is 0 Å². The van der Waals surface area contributed by atoms with Crippen molar-refractivity contribution in [3.8, 4) is 0 Å². The third-order valence-corrected chi connectivity index (χ3v) is 7.20. The normalized spacial score (nSPS) is 21.1. The van der Waals surface area contributed by atoms with Crippen LogP contribution in [0.5, 0.6) is 0 Å². The summed E-state index contributed by atoms with van der Waals surface area (Å²) in [4.78, 5) is 44.8. The smallest absolute Gasteiger partial charge is 0.325 e. The van der Waals surface area contributed by atoms with Crippen LogP contribution in [0.3, 0.4) is 0 Å². The van der Waals surface area contributed by atoms with Gasteiger partial charge in [-0.2, -0.15) is 0 Å². The molecular weight excluding hydrogens is 447 g/mol. The Hall–Kier alpha value is -3.26. The number of nitrogens with zero attached hydrogens (tertiary/aromatic N) is 3. The number of amides is 4. The molecule has 0 aromatic heterocycles. The van der Waals surface area contributed by atoms with Crippen molar-refractivity contribution in [1.29, 1.82) is 0 Å². The predicted octanol–water partition coefficient (Wildman–Crippen LogP) is 3.08. The van der Waals surface area contributed by atoms with Crippen LogP contribution in [0.2, 0.25) is 0 Å². The lowest BCUT2D eigenvalue weighted by Gasteiger charge is -2.41. The highest BCUT2D eigenvalue weighted by Crippen LogP contribution is 2.37. The second kappa shape index (κ2) is 10.2. The molecule has 7 nitrogen and oxygen atoms in total. The van der Waals surface area contributed by atoms with E-state index in [9.17, 15) is 18.8 Å². The maximum absolute atomic E-state index is 14.0. The quantitative estimate of drug-likeness (QED) is 0.619. The first kappa shape index (κ1) is 24.9. The summed E-state index contributed by atoms with van der Waals surface area (Å²) in [6.45, 7) is 3.74. The summed E-state index contributed by atoms with van der Waals surface area (Å²) in [5, 5.41) is 3.01. The molecule has 0 aliphatic carbocycles. The first-order valence-electron chi connectivity index (χ1n) is 12.1. The summed E-state index contributed by atoms with van der Waals surface area (Å²) < 4.78 is 14.0. The standard InChI is InChI=1S/C27H33FN4O3/c1-19-7-4-5-10-23(19)24(33)31-13-11-21(12-14-31)27(18-20-8-6-9-22(28)17-20)25(34)32(26(35)29-27)16-15-30(2)3/h4-10,17,21H,11-16,18H2,1-3H3,(H,29,35). The van der Waals surface area contributed by atoms with E-state index >= 15 is 0 Å². The predicted molar refractivity (Wildman–Crippen MR) is 131 cm³/mol. The zero-order valence-corrected chi connectivity index (χ0v) is 20.6. The van der Waals surface area contributed by atoms with Crippen LogP contribution in [0.25, 0.3) is 0 Å². The molecule has 2 aliphatic heterocycles. The number of carbonyl (C=O) groups excluding carboxylic acids is 3. The van der Waals surface area contributed by atoms with E-state index < -0.39 is 11.6 Å². The Morgan fingerprint density at radius 1 is 1.11 bits per heavy atom. The molecule has 8 heteroatoms. The van der Waals surface area contributed by atoms with Crippen molar-refractivity contribution in [3.05, 3.63) is 71.0 Å². The molecule has 1 unspecified atom stereocenters. The molecule has 2 aromatic carbocycles. The molecule has 4 rings (SSSR count). The van der Waals surface area contributed by atoms with Crippen LogP contribution in [-0.4, -0.2) is 78.4 Å². The molecule has 2 heterocycles. The Balaban J connectivity index is 1.57. The fourth-order valence-corrected chi connectivity index (χ4v) is 5.22. The van der Waals surface area contributed by atoms with Gasteiger partial charge in [-0.25, -0.2) is 9.18 Å². The average Bonchev–Trinajstić information content (AvgIpc) is 3.07. The van der Waals surface area contributed by atoms with Crippen molar-refractivity contribution >= 4 is 17.8 Å². The van der Waals surface area contributed by atoms with Gasteiger partial charge in [-0.05, 0) is 69.1 Å². The van der Waals surface area contributed by atoms with E-state index in [4.69, 9.17) is 0 Å². The van der Waals surface area contributed by atoms with Crippen LogP contribution in [0, 0.1) is 18.7 Å². The van der Waals surface area contributed by atoms with E-state index in [2.05, 4.69) is 5.32 Å². The van der Waals surface area contributed by atoms with Crippen LogP contribution in [-0.2, 0) is 11.2 Å². The molecule has 2 aromatic rings. The molecule has 0 spiro atoms. The van der Waals surface area contributed by atoms with Crippen LogP contribution in [0.1, 0.15) is 34.3 Å². The highest BCUT2D eigenvalue weighted by molar-refractivity contribution is 6.07. The lowest BCUT2D eigenvalue weighted by atomic mass is 9.73. The van der Waals surface area contributed by atoms with Crippen LogP contribution in [0.4, 0.5) is 9.18 Å². The SMILES string of the molecule is Cc1ccccc1C(=O)N1CCC(C2(Cc3cccc(F)c3)NC(=O)N(CCN(C)C)C2=O)CC1.